The largest absolute Gasteiger partial charge is 0.355 e. The van der Waals surface area contributed by atoms with Crippen molar-refractivity contribution in [1.82, 2.24) is 24.7 Å². The van der Waals surface area contributed by atoms with Crippen LogP contribution >= 0.6 is 11.3 Å². The molecule has 26 heavy (non-hydrogen) atoms. The lowest BCUT2D eigenvalue weighted by molar-refractivity contribution is -0.380. The molecule has 1 fully saturated rings. The highest BCUT2D eigenvalue weighted by atomic mass is 32.1. The van der Waals surface area contributed by atoms with Crippen LogP contribution < -0.4 is 10.2 Å². The molecule has 12 heteroatoms. The van der Waals surface area contributed by atoms with Gasteiger partial charge in [0.25, 0.3) is 0 Å². The molecule has 0 atom stereocenters. The molecule has 132 valence electrons. The van der Waals surface area contributed by atoms with E-state index >= 15 is 0 Å². The molecule has 0 radical (unpaired) electrons. The molecule has 3 aromatic rings. The summed E-state index contributed by atoms with van der Waals surface area (Å²) in [5.74, 6) is 0.898. The number of aromatic nitrogens is 5. The van der Waals surface area contributed by atoms with Gasteiger partial charge in [0.15, 0.2) is 10.9 Å². The van der Waals surface area contributed by atoms with E-state index in [0.29, 0.717) is 24.7 Å². The van der Waals surface area contributed by atoms with Gasteiger partial charge in [0.05, 0.1) is 10.8 Å². The van der Waals surface area contributed by atoms with Crippen molar-refractivity contribution in [2.24, 2.45) is 5.92 Å². The molecule has 0 unspecified atom stereocenters. The van der Waals surface area contributed by atoms with Crippen LogP contribution in [0.4, 0.5) is 16.0 Å². The summed E-state index contributed by atoms with van der Waals surface area (Å²) < 4.78 is 1.63. The maximum absolute atomic E-state index is 12.2. The molecule has 1 aliphatic heterocycles. The third kappa shape index (κ3) is 3.09. The Morgan fingerprint density at radius 3 is 2.81 bits per heavy atom. The summed E-state index contributed by atoms with van der Waals surface area (Å²) in [6.45, 7) is 0.990. The van der Waals surface area contributed by atoms with E-state index in [1.54, 1.807) is 29.2 Å². The predicted octanol–water partition coefficient (Wildman–Crippen LogP) is 1.10. The maximum atomic E-state index is 12.2. The molecular weight excluding hydrogens is 360 g/mol. The SMILES string of the molecule is O=C(Nc1ncc([N+](=O)[O-])s1)C1CN(c2cc(-n3cccn3)ncn2)C1. The highest BCUT2D eigenvalue weighted by Crippen LogP contribution is 2.28. The summed E-state index contributed by atoms with van der Waals surface area (Å²) in [4.78, 5) is 36.5. The van der Waals surface area contributed by atoms with Gasteiger partial charge >= 0.3 is 5.00 Å². The second-order valence-corrected chi connectivity index (χ2v) is 6.55. The Balaban J connectivity index is 1.37. The van der Waals surface area contributed by atoms with Crippen LogP contribution in [0.15, 0.2) is 37.1 Å². The molecular formula is C14H12N8O3S. The lowest BCUT2D eigenvalue weighted by Crippen LogP contribution is -2.52. The van der Waals surface area contributed by atoms with Crippen molar-refractivity contribution in [3.63, 3.8) is 0 Å². The molecule has 1 aliphatic rings. The molecule has 0 saturated carbocycles. The number of nitrogens with one attached hydrogen (secondary N) is 1. The number of nitrogens with zero attached hydrogens (tertiary/aromatic N) is 7. The van der Waals surface area contributed by atoms with Gasteiger partial charge in [-0.3, -0.25) is 14.9 Å². The Morgan fingerprint density at radius 2 is 2.12 bits per heavy atom. The molecule has 1 N–H and O–H groups in total. The van der Waals surface area contributed by atoms with E-state index in [0.717, 1.165) is 17.5 Å². The van der Waals surface area contributed by atoms with Crippen LogP contribution in [0.2, 0.25) is 0 Å². The molecule has 1 saturated heterocycles. The molecule has 0 bridgehead atoms. The first kappa shape index (κ1) is 16.1. The average Bonchev–Trinajstić information content (AvgIpc) is 3.25. The Kier molecular flexibility index (Phi) is 4.01. The Bertz CT molecular complexity index is 951. The van der Waals surface area contributed by atoms with E-state index in [4.69, 9.17) is 0 Å². The number of amides is 1. The van der Waals surface area contributed by atoms with Crippen molar-refractivity contribution in [2.75, 3.05) is 23.3 Å². The van der Waals surface area contributed by atoms with E-state index in [9.17, 15) is 14.9 Å². The van der Waals surface area contributed by atoms with Crippen molar-refractivity contribution < 1.29 is 9.72 Å². The monoisotopic (exact) mass is 372 g/mol. The summed E-state index contributed by atoms with van der Waals surface area (Å²) in [6.07, 6.45) is 6.03. The van der Waals surface area contributed by atoms with Crippen molar-refractivity contribution in [3.05, 3.63) is 47.2 Å². The van der Waals surface area contributed by atoms with Gasteiger partial charge in [0.1, 0.15) is 18.3 Å². The van der Waals surface area contributed by atoms with Crippen molar-refractivity contribution in [3.8, 4) is 5.82 Å². The van der Waals surface area contributed by atoms with Crippen LogP contribution in [-0.4, -0.2) is 48.7 Å². The number of rotatable bonds is 5. The zero-order valence-electron chi connectivity index (χ0n) is 13.2. The molecule has 0 spiro atoms. The number of carbonyl (C=O) groups excluding carboxylic acids is 1. The first-order valence-corrected chi connectivity index (χ1v) is 8.40. The zero-order valence-corrected chi connectivity index (χ0v) is 14.0. The highest BCUT2D eigenvalue weighted by Gasteiger charge is 2.34. The minimum Gasteiger partial charge on any atom is -0.355 e. The van der Waals surface area contributed by atoms with Gasteiger partial charge in [-0.25, -0.2) is 19.6 Å². The van der Waals surface area contributed by atoms with E-state index < -0.39 is 4.92 Å². The molecule has 11 nitrogen and oxygen atoms in total. The minimum absolute atomic E-state index is 0.109. The van der Waals surface area contributed by atoms with Gasteiger partial charge in [0.2, 0.25) is 5.91 Å². The lowest BCUT2D eigenvalue weighted by atomic mass is 9.99. The van der Waals surface area contributed by atoms with Crippen molar-refractivity contribution in [2.45, 2.75) is 0 Å². The van der Waals surface area contributed by atoms with Crippen LogP contribution in [-0.2, 0) is 4.79 Å². The summed E-state index contributed by atoms with van der Waals surface area (Å²) in [7, 11) is 0. The Labute approximate surface area is 150 Å². The fourth-order valence-electron chi connectivity index (χ4n) is 2.49. The van der Waals surface area contributed by atoms with Gasteiger partial charge in [0, 0.05) is 31.5 Å². The second kappa shape index (κ2) is 6.48. The Hall–Kier alpha value is -3.41. The summed E-state index contributed by atoms with van der Waals surface area (Å²) >= 11 is 0.833. The van der Waals surface area contributed by atoms with Gasteiger partial charge < -0.3 is 10.2 Å². The summed E-state index contributed by atoms with van der Waals surface area (Å²) in [5.41, 5.74) is 0. The van der Waals surface area contributed by atoms with E-state index in [2.05, 4.69) is 25.4 Å². The highest BCUT2D eigenvalue weighted by molar-refractivity contribution is 7.18. The van der Waals surface area contributed by atoms with Crippen LogP contribution in [0.25, 0.3) is 5.82 Å². The van der Waals surface area contributed by atoms with Gasteiger partial charge in [-0.15, -0.1) is 0 Å². The third-order valence-corrected chi connectivity index (χ3v) is 4.72. The maximum Gasteiger partial charge on any atom is 0.345 e. The number of nitro groups is 1. The summed E-state index contributed by atoms with van der Waals surface area (Å²) in [5, 5.41) is 17.5. The predicted molar refractivity (Wildman–Crippen MR) is 92.3 cm³/mol. The van der Waals surface area contributed by atoms with E-state index in [1.165, 1.54) is 6.33 Å². The molecule has 4 rings (SSSR count). The fourth-order valence-corrected chi connectivity index (χ4v) is 3.12. The average molecular weight is 372 g/mol. The lowest BCUT2D eigenvalue weighted by Gasteiger charge is -2.38. The number of carbonyl (C=O) groups is 1. The molecule has 0 aliphatic carbocycles. The van der Waals surface area contributed by atoms with E-state index in [1.807, 2.05) is 4.90 Å². The van der Waals surface area contributed by atoms with Crippen LogP contribution in [0.3, 0.4) is 0 Å². The minimum atomic E-state index is -0.537. The zero-order chi connectivity index (χ0) is 18.1. The van der Waals surface area contributed by atoms with Gasteiger partial charge in [-0.05, 0) is 17.4 Å². The standard InChI is InChI=1S/C14H12N8O3S/c23-13(19-14-15-5-12(26-14)22(24)25)9-6-20(7-9)10-4-11(17-8-16-10)21-3-1-2-18-21/h1-5,8-9H,6-7H2,(H,15,19,23). The number of hydrogen-bond acceptors (Lipinski definition) is 9. The first-order chi connectivity index (χ1) is 12.6. The Morgan fingerprint density at radius 1 is 1.31 bits per heavy atom. The van der Waals surface area contributed by atoms with Crippen LogP contribution in [0.1, 0.15) is 0 Å². The topological polar surface area (TPSA) is 132 Å². The van der Waals surface area contributed by atoms with Gasteiger partial charge in [-0.2, -0.15) is 5.10 Å². The van der Waals surface area contributed by atoms with Gasteiger partial charge in [-0.1, -0.05) is 0 Å². The first-order valence-electron chi connectivity index (χ1n) is 7.58. The second-order valence-electron chi connectivity index (χ2n) is 5.54. The number of anilines is 2. The molecule has 3 aromatic heterocycles. The summed E-state index contributed by atoms with van der Waals surface area (Å²) in [6, 6.07) is 3.60. The van der Waals surface area contributed by atoms with Crippen molar-refractivity contribution >= 4 is 33.2 Å². The van der Waals surface area contributed by atoms with Crippen LogP contribution in [0, 0.1) is 16.0 Å². The number of thiazole rings is 1. The fraction of sp³-hybridized carbons (Fsp3) is 0.214. The van der Waals surface area contributed by atoms with Crippen molar-refractivity contribution in [1.29, 1.82) is 0 Å². The van der Waals surface area contributed by atoms with E-state index in [-0.39, 0.29) is 22.0 Å². The molecule has 4 heterocycles. The number of hydrogen-bond donors (Lipinski definition) is 1. The quantitative estimate of drug-likeness (QED) is 0.520. The van der Waals surface area contributed by atoms with Crippen LogP contribution in [0.5, 0.6) is 0 Å². The smallest absolute Gasteiger partial charge is 0.345 e. The third-order valence-electron chi connectivity index (χ3n) is 3.86. The molecule has 0 aromatic carbocycles. The normalized spacial score (nSPS) is 14.1. The molecule has 1 amide bonds.